The summed E-state index contributed by atoms with van der Waals surface area (Å²) < 4.78 is 14.3. The average molecular weight is 284 g/mol. The van der Waals surface area contributed by atoms with Gasteiger partial charge in [0.25, 0.3) is 0 Å². The van der Waals surface area contributed by atoms with Gasteiger partial charge in [-0.1, -0.05) is 13.2 Å². The highest BCUT2D eigenvalue weighted by Gasteiger charge is 2.03. The highest BCUT2D eigenvalue weighted by Crippen LogP contribution is 2.02. The molecule has 0 aromatic heterocycles. The third kappa shape index (κ3) is 11.0. The highest BCUT2D eigenvalue weighted by molar-refractivity contribution is 5.81. The number of hydrogen-bond acceptors (Lipinski definition) is 6. The van der Waals surface area contributed by atoms with E-state index in [1.165, 1.54) is 0 Å². The monoisotopic (exact) mass is 284 g/mol. The summed E-state index contributed by atoms with van der Waals surface area (Å²) in [7, 11) is 0. The van der Waals surface area contributed by atoms with Gasteiger partial charge in [-0.3, -0.25) is 4.79 Å². The van der Waals surface area contributed by atoms with Crippen molar-refractivity contribution in [2.24, 2.45) is 0 Å². The van der Waals surface area contributed by atoms with Crippen molar-refractivity contribution in [3.8, 4) is 0 Å². The van der Waals surface area contributed by atoms with Gasteiger partial charge in [-0.25, -0.2) is 9.59 Å². The van der Waals surface area contributed by atoms with E-state index in [1.807, 2.05) is 0 Å². The molecule has 6 nitrogen and oxygen atoms in total. The summed E-state index contributed by atoms with van der Waals surface area (Å²) in [5.41, 5.74) is 0. The third-order valence-corrected chi connectivity index (χ3v) is 2.19. The predicted molar refractivity (Wildman–Crippen MR) is 71.7 cm³/mol. The predicted octanol–water partition coefficient (Wildman–Crippen LogP) is 1.55. The zero-order valence-electron chi connectivity index (χ0n) is 11.5. The first-order valence-electron chi connectivity index (χ1n) is 6.34. The Morgan fingerprint density at radius 3 is 1.90 bits per heavy atom. The van der Waals surface area contributed by atoms with E-state index in [-0.39, 0.29) is 25.6 Å². The van der Waals surface area contributed by atoms with E-state index in [1.54, 1.807) is 0 Å². The molecule has 0 N–H and O–H groups in total. The van der Waals surface area contributed by atoms with Crippen molar-refractivity contribution in [3.63, 3.8) is 0 Å². The molecule has 0 fully saturated rings. The molecular formula is C14H20O6. The summed E-state index contributed by atoms with van der Waals surface area (Å²) in [6, 6.07) is 0. The van der Waals surface area contributed by atoms with E-state index in [9.17, 15) is 14.4 Å². The zero-order valence-corrected chi connectivity index (χ0v) is 11.5. The fraction of sp³-hybridized carbons (Fsp3) is 0.500. The molecule has 0 bridgehead atoms. The lowest BCUT2D eigenvalue weighted by Crippen LogP contribution is -2.12. The molecule has 0 saturated carbocycles. The van der Waals surface area contributed by atoms with Crippen molar-refractivity contribution >= 4 is 17.9 Å². The van der Waals surface area contributed by atoms with Crippen LogP contribution in [0.15, 0.2) is 25.3 Å². The zero-order chi connectivity index (χ0) is 15.2. The Hall–Kier alpha value is -2.11. The Morgan fingerprint density at radius 1 is 0.750 bits per heavy atom. The van der Waals surface area contributed by atoms with E-state index in [0.717, 1.165) is 18.6 Å². The summed E-state index contributed by atoms with van der Waals surface area (Å²) >= 11 is 0. The van der Waals surface area contributed by atoms with Gasteiger partial charge in [-0.15, -0.1) is 0 Å². The first-order chi connectivity index (χ1) is 9.60. The fourth-order valence-electron chi connectivity index (χ4n) is 1.21. The number of ether oxygens (including phenoxy) is 3. The molecule has 0 saturated heterocycles. The molecule has 0 aliphatic carbocycles. The van der Waals surface area contributed by atoms with Crippen molar-refractivity contribution < 1.29 is 28.6 Å². The number of carbonyl (C=O) groups is 3. The van der Waals surface area contributed by atoms with E-state index in [0.29, 0.717) is 19.4 Å². The number of carbonyl (C=O) groups excluding carboxylic acids is 3. The van der Waals surface area contributed by atoms with Gasteiger partial charge >= 0.3 is 17.9 Å². The first-order valence-corrected chi connectivity index (χ1v) is 6.34. The molecule has 0 aromatic carbocycles. The molecule has 0 aromatic rings. The number of hydrogen-bond donors (Lipinski definition) is 0. The van der Waals surface area contributed by atoms with Crippen molar-refractivity contribution in [2.75, 3.05) is 19.8 Å². The molecule has 0 aliphatic heterocycles. The first kappa shape index (κ1) is 17.9. The number of rotatable bonds is 11. The van der Waals surface area contributed by atoms with E-state index in [4.69, 9.17) is 9.47 Å². The lowest BCUT2D eigenvalue weighted by Gasteiger charge is -2.05. The Labute approximate surface area is 118 Å². The van der Waals surface area contributed by atoms with Crippen LogP contribution in [0.1, 0.15) is 25.7 Å². The van der Waals surface area contributed by atoms with Crippen molar-refractivity contribution in [3.05, 3.63) is 25.3 Å². The average Bonchev–Trinajstić information content (AvgIpc) is 2.46. The van der Waals surface area contributed by atoms with Gasteiger partial charge < -0.3 is 14.2 Å². The SMILES string of the molecule is C=CC(=O)OCCCCCC(=O)OCCOC(=O)C=C. The van der Waals surface area contributed by atoms with Crippen molar-refractivity contribution in [1.82, 2.24) is 0 Å². The highest BCUT2D eigenvalue weighted by atomic mass is 16.6. The van der Waals surface area contributed by atoms with Gasteiger partial charge in [0.1, 0.15) is 13.2 Å². The Balaban J connectivity index is 3.36. The van der Waals surface area contributed by atoms with Crippen LogP contribution < -0.4 is 0 Å². The maximum absolute atomic E-state index is 11.3. The van der Waals surface area contributed by atoms with Crippen LogP contribution in [0, 0.1) is 0 Å². The molecule has 0 rings (SSSR count). The lowest BCUT2D eigenvalue weighted by molar-refractivity contribution is -0.149. The van der Waals surface area contributed by atoms with Crippen molar-refractivity contribution in [1.29, 1.82) is 0 Å². The summed E-state index contributed by atoms with van der Waals surface area (Å²) in [6.07, 6.45) is 4.52. The summed E-state index contributed by atoms with van der Waals surface area (Å²) in [5, 5.41) is 0. The normalized spacial score (nSPS) is 9.40. The van der Waals surface area contributed by atoms with Crippen LogP contribution in [0.2, 0.25) is 0 Å². The standard InChI is InChI=1S/C14H20O6/c1-3-12(15)18-9-7-5-6-8-14(17)20-11-10-19-13(16)4-2/h3-4H,1-2,5-11H2. The van der Waals surface area contributed by atoms with Crippen LogP contribution >= 0.6 is 0 Å². The van der Waals surface area contributed by atoms with Crippen molar-refractivity contribution in [2.45, 2.75) is 25.7 Å². The van der Waals surface area contributed by atoms with E-state index in [2.05, 4.69) is 17.9 Å². The number of esters is 3. The second-order valence-corrected chi connectivity index (χ2v) is 3.77. The molecule has 0 atom stereocenters. The Morgan fingerprint density at radius 2 is 1.30 bits per heavy atom. The van der Waals surface area contributed by atoms with E-state index < -0.39 is 11.9 Å². The Kier molecular flexibility index (Phi) is 10.7. The molecule has 0 amide bonds. The smallest absolute Gasteiger partial charge is 0.330 e. The van der Waals surface area contributed by atoms with E-state index >= 15 is 0 Å². The van der Waals surface area contributed by atoms with Gasteiger partial charge in [0.05, 0.1) is 6.61 Å². The minimum atomic E-state index is -0.546. The van der Waals surface area contributed by atoms with Gasteiger partial charge in [-0.05, 0) is 19.3 Å². The van der Waals surface area contributed by atoms with Crippen LogP contribution in [0.3, 0.4) is 0 Å². The molecule has 6 heteroatoms. The quantitative estimate of drug-likeness (QED) is 0.248. The second kappa shape index (κ2) is 12.0. The molecule has 0 aliphatic rings. The summed E-state index contributed by atoms with van der Waals surface area (Å²) in [5.74, 6) is -1.34. The molecular weight excluding hydrogens is 264 g/mol. The largest absolute Gasteiger partial charge is 0.463 e. The second-order valence-electron chi connectivity index (χ2n) is 3.77. The Bertz CT molecular complexity index is 348. The molecule has 20 heavy (non-hydrogen) atoms. The molecule has 0 radical (unpaired) electrons. The van der Waals surface area contributed by atoms with Crippen LogP contribution in [0.4, 0.5) is 0 Å². The van der Waals surface area contributed by atoms with Gasteiger partial charge in [0, 0.05) is 18.6 Å². The van der Waals surface area contributed by atoms with Gasteiger partial charge in [0.2, 0.25) is 0 Å². The molecule has 112 valence electrons. The minimum absolute atomic E-state index is 0.0219. The van der Waals surface area contributed by atoms with Crippen LogP contribution in [0.5, 0.6) is 0 Å². The maximum Gasteiger partial charge on any atom is 0.330 e. The summed E-state index contributed by atoms with van der Waals surface area (Å²) in [6.45, 7) is 6.89. The molecule has 0 heterocycles. The topological polar surface area (TPSA) is 78.9 Å². The lowest BCUT2D eigenvalue weighted by atomic mass is 10.2. The summed E-state index contributed by atoms with van der Waals surface area (Å²) in [4.78, 5) is 32.7. The number of unbranched alkanes of at least 4 members (excludes halogenated alkanes) is 2. The van der Waals surface area contributed by atoms with Crippen LogP contribution in [-0.2, 0) is 28.6 Å². The minimum Gasteiger partial charge on any atom is -0.463 e. The van der Waals surface area contributed by atoms with Crippen LogP contribution in [-0.4, -0.2) is 37.7 Å². The van der Waals surface area contributed by atoms with Gasteiger partial charge in [0.15, 0.2) is 0 Å². The molecule has 0 spiro atoms. The van der Waals surface area contributed by atoms with Crippen LogP contribution in [0.25, 0.3) is 0 Å². The maximum atomic E-state index is 11.3. The fourth-order valence-corrected chi connectivity index (χ4v) is 1.21. The molecule has 0 unspecified atom stereocenters. The third-order valence-electron chi connectivity index (χ3n) is 2.19. The van der Waals surface area contributed by atoms with Gasteiger partial charge in [-0.2, -0.15) is 0 Å².